The summed E-state index contributed by atoms with van der Waals surface area (Å²) in [5, 5.41) is 9.53. The van der Waals surface area contributed by atoms with Crippen LogP contribution in [0.4, 0.5) is 0 Å². The molecule has 0 radical (unpaired) electrons. The zero-order valence-corrected chi connectivity index (χ0v) is 15.5. The Kier molecular flexibility index (Phi) is 5.18. The normalized spacial score (nSPS) is 15.9. The average molecular weight is 361 g/mol. The molecule has 0 amide bonds. The van der Waals surface area contributed by atoms with Gasteiger partial charge in [-0.25, -0.2) is 0 Å². The van der Waals surface area contributed by atoms with Gasteiger partial charge in [0, 0.05) is 49.5 Å². The van der Waals surface area contributed by atoms with Crippen molar-refractivity contribution in [2.24, 2.45) is 0 Å². The minimum absolute atomic E-state index is 0.191. The van der Waals surface area contributed by atoms with Gasteiger partial charge in [-0.3, -0.25) is 14.7 Å². The molecule has 0 N–H and O–H groups in total. The molecule has 3 heterocycles. The number of hydrogen-bond donors (Lipinski definition) is 0. The molecule has 1 fully saturated rings. The molecule has 0 unspecified atom stereocenters. The number of carbonyl (C=O) groups is 1. The summed E-state index contributed by atoms with van der Waals surface area (Å²) >= 11 is 0. The number of piperazine rings is 1. The summed E-state index contributed by atoms with van der Waals surface area (Å²) in [6.45, 7) is 4.41. The van der Waals surface area contributed by atoms with Gasteiger partial charge in [-0.15, -0.1) is 0 Å². The van der Waals surface area contributed by atoms with E-state index in [9.17, 15) is 4.79 Å². The van der Waals surface area contributed by atoms with Crippen molar-refractivity contribution >= 4 is 16.7 Å². The molecule has 2 aromatic heterocycles. The van der Waals surface area contributed by atoms with Crippen LogP contribution < -0.4 is 0 Å². The van der Waals surface area contributed by atoms with Gasteiger partial charge in [0.05, 0.1) is 24.2 Å². The summed E-state index contributed by atoms with van der Waals surface area (Å²) in [6, 6.07) is 12.0. The third kappa shape index (κ3) is 4.35. The van der Waals surface area contributed by atoms with E-state index in [-0.39, 0.29) is 5.78 Å². The maximum absolute atomic E-state index is 12.5. The van der Waals surface area contributed by atoms with Gasteiger partial charge in [-0.1, -0.05) is 12.1 Å². The maximum Gasteiger partial charge on any atom is 0.152 e. The molecule has 1 saturated heterocycles. The number of likely N-dealkylation sites (N-methyl/N-ethyl adjacent to an activating group) is 1. The van der Waals surface area contributed by atoms with Crippen molar-refractivity contribution in [3.8, 4) is 11.1 Å². The Hall–Kier alpha value is -2.70. The van der Waals surface area contributed by atoms with Crippen LogP contribution in [0.2, 0.25) is 0 Å². The van der Waals surface area contributed by atoms with Crippen LogP contribution in [0.1, 0.15) is 5.69 Å². The molecule has 0 saturated carbocycles. The van der Waals surface area contributed by atoms with Crippen molar-refractivity contribution in [2.75, 3.05) is 39.8 Å². The first-order chi connectivity index (χ1) is 13.2. The van der Waals surface area contributed by atoms with Gasteiger partial charge in [-0.05, 0) is 36.9 Å². The number of nitrogens with zero attached hydrogens (tertiary/aromatic N) is 5. The molecule has 0 bridgehead atoms. The molecule has 6 nitrogen and oxygen atoms in total. The number of rotatable bonds is 5. The van der Waals surface area contributed by atoms with E-state index in [1.807, 2.05) is 36.5 Å². The van der Waals surface area contributed by atoms with E-state index in [4.69, 9.17) is 0 Å². The standard InChI is InChI=1S/C21H23N5O/c1-25-7-9-26(10-8-25)15-20(27)13-19-12-18-11-16(4-5-21(18)24-23-19)17-3-2-6-22-14-17/h2-6,11-12,14H,7-10,13,15H2,1H3. The number of benzene rings is 1. The van der Waals surface area contributed by atoms with Crippen molar-refractivity contribution in [1.82, 2.24) is 25.0 Å². The second-order valence-corrected chi connectivity index (χ2v) is 7.15. The van der Waals surface area contributed by atoms with Gasteiger partial charge in [0.25, 0.3) is 0 Å². The Morgan fingerprint density at radius 1 is 1.04 bits per heavy atom. The molecule has 0 spiro atoms. The molecule has 3 aromatic rings. The first-order valence-electron chi connectivity index (χ1n) is 9.27. The number of Topliss-reactive ketones (excluding diaryl/α,β-unsaturated/α-hetero) is 1. The molecule has 4 rings (SSSR count). The van der Waals surface area contributed by atoms with Gasteiger partial charge in [0.2, 0.25) is 0 Å². The monoisotopic (exact) mass is 361 g/mol. The van der Waals surface area contributed by atoms with Crippen molar-refractivity contribution < 1.29 is 4.79 Å². The van der Waals surface area contributed by atoms with Gasteiger partial charge in [-0.2, -0.15) is 10.2 Å². The largest absolute Gasteiger partial charge is 0.304 e. The van der Waals surface area contributed by atoms with Crippen molar-refractivity contribution in [3.05, 3.63) is 54.5 Å². The quantitative estimate of drug-likeness (QED) is 0.693. The third-order valence-corrected chi connectivity index (χ3v) is 5.00. The fourth-order valence-corrected chi connectivity index (χ4v) is 3.40. The molecule has 0 atom stereocenters. The van der Waals surface area contributed by atoms with Gasteiger partial charge in [0.1, 0.15) is 0 Å². The number of hydrogen-bond acceptors (Lipinski definition) is 6. The number of fused-ring (bicyclic) bond motifs is 1. The third-order valence-electron chi connectivity index (χ3n) is 5.00. The van der Waals surface area contributed by atoms with Crippen molar-refractivity contribution in [2.45, 2.75) is 6.42 Å². The minimum atomic E-state index is 0.191. The molecule has 1 aromatic carbocycles. The molecule has 1 aliphatic rings. The van der Waals surface area contributed by atoms with Crippen molar-refractivity contribution in [1.29, 1.82) is 0 Å². The molecule has 0 aliphatic carbocycles. The van der Waals surface area contributed by atoms with E-state index >= 15 is 0 Å². The zero-order chi connectivity index (χ0) is 18.6. The average Bonchev–Trinajstić information content (AvgIpc) is 2.70. The Labute approximate surface area is 158 Å². The lowest BCUT2D eigenvalue weighted by Crippen LogP contribution is -2.46. The van der Waals surface area contributed by atoms with Crippen molar-refractivity contribution in [3.63, 3.8) is 0 Å². The minimum Gasteiger partial charge on any atom is -0.304 e. The molecule has 1 aliphatic heterocycles. The first-order valence-corrected chi connectivity index (χ1v) is 9.27. The first kappa shape index (κ1) is 17.7. The van der Waals surface area contributed by atoms with Crippen LogP contribution in [0.3, 0.4) is 0 Å². The zero-order valence-electron chi connectivity index (χ0n) is 15.5. The van der Waals surface area contributed by atoms with Crippen LogP contribution in [0.5, 0.6) is 0 Å². The van der Waals surface area contributed by atoms with E-state index in [0.717, 1.165) is 53.9 Å². The topological polar surface area (TPSA) is 62.2 Å². The van der Waals surface area contributed by atoms with Gasteiger partial charge < -0.3 is 4.90 Å². The second-order valence-electron chi connectivity index (χ2n) is 7.15. The van der Waals surface area contributed by atoms with Gasteiger partial charge in [0.15, 0.2) is 5.78 Å². The molecular weight excluding hydrogens is 338 g/mol. The highest BCUT2D eigenvalue weighted by Gasteiger charge is 2.17. The summed E-state index contributed by atoms with van der Waals surface area (Å²) in [5.41, 5.74) is 3.70. The van der Waals surface area contributed by atoms with Crippen LogP contribution >= 0.6 is 0 Å². The predicted octanol–water partition coefficient (Wildman–Crippen LogP) is 2.05. The second kappa shape index (κ2) is 7.90. The van der Waals surface area contributed by atoms with Crippen LogP contribution in [-0.2, 0) is 11.2 Å². The highest BCUT2D eigenvalue weighted by Crippen LogP contribution is 2.23. The molecular formula is C21H23N5O. The van der Waals surface area contributed by atoms with Gasteiger partial charge >= 0.3 is 0 Å². The summed E-state index contributed by atoms with van der Waals surface area (Å²) in [4.78, 5) is 21.1. The fourth-order valence-electron chi connectivity index (χ4n) is 3.40. The van der Waals surface area contributed by atoms with E-state index in [2.05, 4.69) is 38.1 Å². The van der Waals surface area contributed by atoms with E-state index in [1.165, 1.54) is 0 Å². The Morgan fingerprint density at radius 2 is 1.89 bits per heavy atom. The summed E-state index contributed by atoms with van der Waals surface area (Å²) in [7, 11) is 2.11. The lowest BCUT2D eigenvalue weighted by molar-refractivity contribution is -0.120. The number of aromatic nitrogens is 3. The summed E-state index contributed by atoms with van der Waals surface area (Å²) in [5.74, 6) is 0.191. The van der Waals surface area contributed by atoms with Crippen LogP contribution in [-0.4, -0.2) is 70.5 Å². The van der Waals surface area contributed by atoms with E-state index in [0.29, 0.717) is 13.0 Å². The van der Waals surface area contributed by atoms with Crippen LogP contribution in [0.25, 0.3) is 22.0 Å². The number of carbonyl (C=O) groups excluding carboxylic acids is 1. The van der Waals surface area contributed by atoms with E-state index in [1.54, 1.807) is 6.20 Å². The Morgan fingerprint density at radius 3 is 2.67 bits per heavy atom. The molecule has 27 heavy (non-hydrogen) atoms. The SMILES string of the molecule is CN1CCN(CC(=O)Cc2cc3cc(-c4cccnc4)ccc3nn2)CC1. The summed E-state index contributed by atoms with van der Waals surface area (Å²) in [6.07, 6.45) is 3.93. The fraction of sp³-hybridized carbons (Fsp3) is 0.333. The summed E-state index contributed by atoms with van der Waals surface area (Å²) < 4.78 is 0. The highest BCUT2D eigenvalue weighted by atomic mass is 16.1. The Bertz CT molecular complexity index is 936. The van der Waals surface area contributed by atoms with Crippen LogP contribution in [0.15, 0.2) is 48.8 Å². The predicted molar refractivity (Wildman–Crippen MR) is 105 cm³/mol. The number of pyridine rings is 1. The highest BCUT2D eigenvalue weighted by molar-refractivity contribution is 5.86. The van der Waals surface area contributed by atoms with Crippen LogP contribution in [0, 0.1) is 0 Å². The molecule has 6 heteroatoms. The number of ketones is 1. The van der Waals surface area contributed by atoms with E-state index < -0.39 is 0 Å². The Balaban J connectivity index is 1.48. The smallest absolute Gasteiger partial charge is 0.152 e. The lowest BCUT2D eigenvalue weighted by atomic mass is 10.0. The maximum atomic E-state index is 12.5. The lowest BCUT2D eigenvalue weighted by Gasteiger charge is -2.31. The molecule has 138 valence electrons.